The van der Waals surface area contributed by atoms with Crippen molar-refractivity contribution in [3.05, 3.63) is 55.3 Å². The number of fused-ring (bicyclic) bond motifs is 1. The highest BCUT2D eigenvalue weighted by Crippen LogP contribution is 2.23. The first-order valence-electron chi connectivity index (χ1n) is 5.98. The Morgan fingerprint density at radius 2 is 1.95 bits per heavy atom. The van der Waals surface area contributed by atoms with Gasteiger partial charge in [-0.2, -0.15) is 0 Å². The fourth-order valence-corrected chi connectivity index (χ4v) is 2.03. The van der Waals surface area contributed by atoms with E-state index in [4.69, 9.17) is 5.11 Å². The van der Waals surface area contributed by atoms with E-state index in [2.05, 4.69) is 23.0 Å². The van der Waals surface area contributed by atoms with E-state index in [-0.39, 0.29) is 5.69 Å². The van der Waals surface area contributed by atoms with Crippen LogP contribution in [0.2, 0.25) is 0 Å². The van der Waals surface area contributed by atoms with Crippen molar-refractivity contribution in [1.29, 1.82) is 0 Å². The van der Waals surface area contributed by atoms with Crippen molar-refractivity contribution in [3.8, 4) is 0 Å². The molecule has 98 valence electrons. The maximum Gasteiger partial charge on any atom is 0.352 e. The molecule has 0 aliphatic heterocycles. The number of aromatic amines is 1. The van der Waals surface area contributed by atoms with Crippen molar-refractivity contribution in [3.63, 3.8) is 0 Å². The Bertz CT molecular complexity index is 618. The maximum absolute atomic E-state index is 10.9. The molecule has 0 atom stereocenters. The monoisotopic (exact) mass is 256 g/mol. The van der Waals surface area contributed by atoms with Crippen LogP contribution < -0.4 is 4.90 Å². The number of carboxylic acids is 1. The molecule has 0 amide bonds. The van der Waals surface area contributed by atoms with Gasteiger partial charge >= 0.3 is 5.97 Å². The first-order chi connectivity index (χ1) is 9.15. The zero-order chi connectivity index (χ0) is 13.8. The second kappa shape index (κ2) is 5.44. The molecule has 0 spiro atoms. The molecule has 2 aromatic rings. The number of carbonyl (C=O) groups is 1. The van der Waals surface area contributed by atoms with Crippen LogP contribution in [-0.4, -0.2) is 29.1 Å². The lowest BCUT2D eigenvalue weighted by Gasteiger charge is -2.21. The summed E-state index contributed by atoms with van der Waals surface area (Å²) in [5.74, 6) is -0.952. The van der Waals surface area contributed by atoms with Gasteiger partial charge in [0.05, 0.1) is 0 Å². The summed E-state index contributed by atoms with van der Waals surface area (Å²) in [6.07, 6.45) is 3.65. The lowest BCUT2D eigenvalue weighted by Crippen LogP contribution is -2.22. The molecule has 1 aromatic carbocycles. The summed E-state index contributed by atoms with van der Waals surface area (Å²) < 4.78 is 0. The van der Waals surface area contributed by atoms with Gasteiger partial charge in [-0.15, -0.1) is 13.2 Å². The lowest BCUT2D eigenvalue weighted by atomic mass is 10.2. The Balaban J connectivity index is 2.41. The van der Waals surface area contributed by atoms with Crippen molar-refractivity contribution in [2.24, 2.45) is 0 Å². The summed E-state index contributed by atoms with van der Waals surface area (Å²) >= 11 is 0. The topological polar surface area (TPSA) is 56.3 Å². The predicted octanol–water partition coefficient (Wildman–Crippen LogP) is 3.04. The van der Waals surface area contributed by atoms with Crippen LogP contribution in [0.25, 0.3) is 10.9 Å². The van der Waals surface area contributed by atoms with Gasteiger partial charge in [0, 0.05) is 29.7 Å². The molecule has 0 unspecified atom stereocenters. The Labute approximate surface area is 111 Å². The number of carboxylic acid groups (broad SMARTS) is 1. The average Bonchev–Trinajstić information content (AvgIpc) is 2.81. The maximum atomic E-state index is 10.9. The molecule has 0 fully saturated rings. The first kappa shape index (κ1) is 13.0. The number of hydrogen-bond acceptors (Lipinski definition) is 2. The van der Waals surface area contributed by atoms with E-state index in [1.165, 1.54) is 0 Å². The molecule has 0 saturated heterocycles. The third-order valence-electron chi connectivity index (χ3n) is 2.90. The molecule has 0 aliphatic carbocycles. The number of rotatable bonds is 6. The first-order valence-corrected chi connectivity index (χ1v) is 5.98. The van der Waals surface area contributed by atoms with Crippen molar-refractivity contribution in [2.45, 2.75) is 0 Å². The SMILES string of the molecule is C=CCN(CC=C)c1ccc2[nH]c(C(=O)O)cc2c1. The molecule has 2 N–H and O–H groups in total. The van der Waals surface area contributed by atoms with Crippen molar-refractivity contribution >= 4 is 22.6 Å². The smallest absolute Gasteiger partial charge is 0.352 e. The highest BCUT2D eigenvalue weighted by atomic mass is 16.4. The number of nitrogens with one attached hydrogen (secondary N) is 1. The second-order valence-corrected chi connectivity index (χ2v) is 4.24. The van der Waals surface area contributed by atoms with Crippen LogP contribution >= 0.6 is 0 Å². The van der Waals surface area contributed by atoms with Gasteiger partial charge in [0.2, 0.25) is 0 Å². The number of benzene rings is 1. The molecular formula is C15H16N2O2. The van der Waals surface area contributed by atoms with Crippen molar-refractivity contribution < 1.29 is 9.90 Å². The minimum Gasteiger partial charge on any atom is -0.477 e. The van der Waals surface area contributed by atoms with Crippen LogP contribution in [0.15, 0.2) is 49.6 Å². The van der Waals surface area contributed by atoms with Crippen LogP contribution in [0.3, 0.4) is 0 Å². The molecule has 19 heavy (non-hydrogen) atoms. The highest BCUT2D eigenvalue weighted by molar-refractivity contribution is 5.94. The molecule has 0 bridgehead atoms. The second-order valence-electron chi connectivity index (χ2n) is 4.24. The van der Waals surface area contributed by atoms with Gasteiger partial charge in [-0.25, -0.2) is 4.79 Å². The minimum atomic E-state index is -0.952. The van der Waals surface area contributed by atoms with E-state index in [9.17, 15) is 4.79 Å². The van der Waals surface area contributed by atoms with Crippen LogP contribution in [0.1, 0.15) is 10.5 Å². The van der Waals surface area contributed by atoms with Gasteiger partial charge < -0.3 is 15.0 Å². The highest BCUT2D eigenvalue weighted by Gasteiger charge is 2.09. The fourth-order valence-electron chi connectivity index (χ4n) is 2.03. The van der Waals surface area contributed by atoms with Crippen LogP contribution in [0.5, 0.6) is 0 Å². The Morgan fingerprint density at radius 1 is 1.26 bits per heavy atom. The molecule has 4 nitrogen and oxygen atoms in total. The van der Waals surface area contributed by atoms with Crippen molar-refractivity contribution in [2.75, 3.05) is 18.0 Å². The van der Waals surface area contributed by atoms with E-state index in [0.29, 0.717) is 13.1 Å². The summed E-state index contributed by atoms with van der Waals surface area (Å²) in [7, 11) is 0. The molecule has 2 rings (SSSR count). The third-order valence-corrected chi connectivity index (χ3v) is 2.90. The zero-order valence-electron chi connectivity index (χ0n) is 10.6. The fraction of sp³-hybridized carbons (Fsp3) is 0.133. The van der Waals surface area contributed by atoms with Crippen LogP contribution in [0, 0.1) is 0 Å². The van der Waals surface area contributed by atoms with E-state index in [0.717, 1.165) is 16.6 Å². The standard InChI is InChI=1S/C15H16N2O2/c1-3-7-17(8-4-2)12-5-6-13-11(9-12)10-14(16-13)15(18)19/h3-6,9-10,16H,1-2,7-8H2,(H,18,19). The van der Waals surface area contributed by atoms with Gasteiger partial charge in [0.15, 0.2) is 0 Å². The number of aromatic nitrogens is 1. The Hall–Kier alpha value is -2.49. The van der Waals surface area contributed by atoms with Gasteiger partial charge in [-0.05, 0) is 24.3 Å². The predicted molar refractivity (Wildman–Crippen MR) is 77.9 cm³/mol. The van der Waals surface area contributed by atoms with Crippen molar-refractivity contribution in [1.82, 2.24) is 4.98 Å². The minimum absolute atomic E-state index is 0.200. The lowest BCUT2D eigenvalue weighted by molar-refractivity contribution is 0.0691. The molecule has 4 heteroatoms. The molecular weight excluding hydrogens is 240 g/mol. The van der Waals surface area contributed by atoms with Gasteiger partial charge in [-0.3, -0.25) is 0 Å². The molecule has 0 radical (unpaired) electrons. The summed E-state index contributed by atoms with van der Waals surface area (Å²) in [5, 5.41) is 9.85. The number of H-pyrrole nitrogens is 1. The number of hydrogen-bond donors (Lipinski definition) is 2. The van der Waals surface area contributed by atoms with E-state index < -0.39 is 5.97 Å². The van der Waals surface area contributed by atoms with Gasteiger partial charge in [0.25, 0.3) is 0 Å². The van der Waals surface area contributed by atoms with Crippen LogP contribution in [-0.2, 0) is 0 Å². The van der Waals surface area contributed by atoms with E-state index >= 15 is 0 Å². The summed E-state index contributed by atoms with van der Waals surface area (Å²) in [4.78, 5) is 15.9. The number of anilines is 1. The average molecular weight is 256 g/mol. The van der Waals surface area contributed by atoms with Gasteiger partial charge in [-0.1, -0.05) is 12.2 Å². The summed E-state index contributed by atoms with van der Waals surface area (Å²) in [6, 6.07) is 7.44. The molecule has 0 aliphatic rings. The quantitative estimate of drug-likeness (QED) is 0.781. The van der Waals surface area contributed by atoms with E-state index in [1.807, 2.05) is 30.4 Å². The summed E-state index contributed by atoms with van der Waals surface area (Å²) in [6.45, 7) is 8.91. The largest absolute Gasteiger partial charge is 0.477 e. The zero-order valence-corrected chi connectivity index (χ0v) is 10.6. The molecule has 1 aromatic heterocycles. The number of aromatic carboxylic acids is 1. The number of nitrogens with zero attached hydrogens (tertiary/aromatic N) is 1. The van der Waals surface area contributed by atoms with Crippen LogP contribution in [0.4, 0.5) is 5.69 Å². The normalized spacial score (nSPS) is 10.3. The van der Waals surface area contributed by atoms with Gasteiger partial charge in [0.1, 0.15) is 5.69 Å². The molecule has 0 saturated carbocycles. The van der Waals surface area contributed by atoms with E-state index in [1.54, 1.807) is 6.07 Å². The Morgan fingerprint density at radius 3 is 2.53 bits per heavy atom. The Kier molecular flexibility index (Phi) is 3.71. The molecule has 1 heterocycles. The summed E-state index contributed by atoms with van der Waals surface area (Å²) in [5.41, 5.74) is 2.03. The third kappa shape index (κ3) is 2.68.